The van der Waals surface area contributed by atoms with Gasteiger partial charge in [0.1, 0.15) is 0 Å². The van der Waals surface area contributed by atoms with Gasteiger partial charge < -0.3 is 4.90 Å². The first kappa shape index (κ1) is 13.0. The van der Waals surface area contributed by atoms with Crippen LogP contribution in [0.5, 0.6) is 0 Å². The Morgan fingerprint density at radius 3 is 2.52 bits per heavy atom. The summed E-state index contributed by atoms with van der Waals surface area (Å²) in [7, 11) is 0. The van der Waals surface area contributed by atoms with Crippen LogP contribution < -0.4 is 0 Å². The number of fused-ring (bicyclic) bond motifs is 1. The van der Waals surface area contributed by atoms with Crippen LogP contribution in [0.1, 0.15) is 31.5 Å². The standard InChI is InChI=1S/C15H21N5O/c21-15(3-1-2-14-16-18-19-17-14)20-8-12-10-4-5-11(7-6-10)13(12)9-20/h4-5,10-13H,1-3,6-9H2,(H,16,17,18,19). The Bertz CT molecular complexity index is 518. The molecular formula is C15H21N5O. The minimum atomic E-state index is 0.298. The van der Waals surface area contributed by atoms with Gasteiger partial charge in [0, 0.05) is 25.9 Å². The van der Waals surface area contributed by atoms with Crippen molar-refractivity contribution in [3.63, 3.8) is 0 Å². The van der Waals surface area contributed by atoms with Gasteiger partial charge in [-0.25, -0.2) is 0 Å². The van der Waals surface area contributed by atoms with Gasteiger partial charge in [0.25, 0.3) is 0 Å². The van der Waals surface area contributed by atoms with E-state index in [0.29, 0.717) is 18.2 Å². The monoisotopic (exact) mass is 287 g/mol. The average molecular weight is 287 g/mol. The van der Waals surface area contributed by atoms with Crippen LogP contribution in [0.3, 0.4) is 0 Å². The van der Waals surface area contributed by atoms with Crippen LogP contribution in [0.15, 0.2) is 12.2 Å². The summed E-state index contributed by atoms with van der Waals surface area (Å²) in [6.45, 7) is 1.94. The first-order valence-electron chi connectivity index (χ1n) is 7.99. The van der Waals surface area contributed by atoms with Gasteiger partial charge in [0.05, 0.1) is 0 Å². The normalized spacial score (nSPS) is 33.4. The maximum absolute atomic E-state index is 12.4. The van der Waals surface area contributed by atoms with E-state index in [0.717, 1.165) is 49.6 Å². The second kappa shape index (κ2) is 5.24. The molecule has 21 heavy (non-hydrogen) atoms. The van der Waals surface area contributed by atoms with Crippen molar-refractivity contribution in [2.75, 3.05) is 13.1 Å². The van der Waals surface area contributed by atoms with Gasteiger partial charge in [-0.05, 0) is 42.9 Å². The summed E-state index contributed by atoms with van der Waals surface area (Å²) >= 11 is 0. The third-order valence-corrected chi connectivity index (χ3v) is 5.48. The lowest BCUT2D eigenvalue weighted by atomic mass is 9.64. The van der Waals surface area contributed by atoms with E-state index in [9.17, 15) is 4.79 Å². The van der Waals surface area contributed by atoms with Crippen LogP contribution in [-0.4, -0.2) is 44.5 Å². The summed E-state index contributed by atoms with van der Waals surface area (Å²) in [4.78, 5) is 14.5. The lowest BCUT2D eigenvalue weighted by molar-refractivity contribution is -0.130. The third-order valence-electron chi connectivity index (χ3n) is 5.48. The molecule has 2 fully saturated rings. The molecule has 1 saturated heterocycles. The van der Waals surface area contributed by atoms with E-state index in [1.807, 2.05) is 0 Å². The van der Waals surface area contributed by atoms with Gasteiger partial charge in [0.2, 0.25) is 5.91 Å². The van der Waals surface area contributed by atoms with Crippen molar-refractivity contribution in [1.29, 1.82) is 0 Å². The second-order valence-corrected chi connectivity index (χ2v) is 6.60. The predicted molar refractivity (Wildman–Crippen MR) is 76.0 cm³/mol. The van der Waals surface area contributed by atoms with E-state index < -0.39 is 0 Å². The van der Waals surface area contributed by atoms with Crippen LogP contribution in [0.25, 0.3) is 0 Å². The number of rotatable bonds is 4. The van der Waals surface area contributed by atoms with E-state index in [1.54, 1.807) is 0 Å². The molecule has 112 valence electrons. The van der Waals surface area contributed by atoms with Crippen molar-refractivity contribution in [2.45, 2.75) is 32.1 Å². The highest BCUT2D eigenvalue weighted by atomic mass is 16.2. The van der Waals surface area contributed by atoms with Crippen LogP contribution in [0.4, 0.5) is 0 Å². The Kier molecular flexibility index (Phi) is 3.24. The highest BCUT2D eigenvalue weighted by molar-refractivity contribution is 5.76. The second-order valence-electron chi connectivity index (χ2n) is 6.60. The number of likely N-dealkylation sites (tertiary alicyclic amines) is 1. The quantitative estimate of drug-likeness (QED) is 0.844. The number of carbonyl (C=O) groups is 1. The molecule has 1 aromatic rings. The lowest BCUT2D eigenvalue weighted by Crippen LogP contribution is -2.35. The molecule has 0 aromatic carbocycles. The van der Waals surface area contributed by atoms with E-state index in [2.05, 4.69) is 37.7 Å². The minimum absolute atomic E-state index is 0.298. The van der Waals surface area contributed by atoms with Crippen molar-refractivity contribution in [3.05, 3.63) is 18.0 Å². The van der Waals surface area contributed by atoms with Crippen molar-refractivity contribution < 1.29 is 4.79 Å². The summed E-state index contributed by atoms with van der Waals surface area (Å²) in [5.41, 5.74) is 0. The number of carbonyl (C=O) groups excluding carboxylic acids is 1. The SMILES string of the molecule is O=C(CCCc1nn[nH]n1)N1CC2C3C=CC(CC3)C2C1. The topological polar surface area (TPSA) is 74.8 Å². The van der Waals surface area contributed by atoms with Crippen molar-refractivity contribution in [3.8, 4) is 0 Å². The Labute approximate surface area is 124 Å². The highest BCUT2D eigenvalue weighted by Crippen LogP contribution is 2.48. The number of amides is 1. The number of aryl methyl sites for hydroxylation is 1. The number of tetrazole rings is 1. The first-order chi connectivity index (χ1) is 10.3. The number of hydrogen-bond donors (Lipinski definition) is 1. The molecule has 2 heterocycles. The van der Waals surface area contributed by atoms with E-state index in [1.165, 1.54) is 12.8 Å². The zero-order valence-corrected chi connectivity index (χ0v) is 12.1. The highest BCUT2D eigenvalue weighted by Gasteiger charge is 2.46. The van der Waals surface area contributed by atoms with Crippen LogP contribution in [-0.2, 0) is 11.2 Å². The molecule has 6 nitrogen and oxygen atoms in total. The molecule has 1 N–H and O–H groups in total. The maximum Gasteiger partial charge on any atom is 0.222 e. The molecule has 2 bridgehead atoms. The fraction of sp³-hybridized carbons (Fsp3) is 0.733. The van der Waals surface area contributed by atoms with Crippen molar-refractivity contribution in [2.24, 2.45) is 23.7 Å². The molecule has 1 aliphatic heterocycles. The Hall–Kier alpha value is -1.72. The minimum Gasteiger partial charge on any atom is -0.342 e. The van der Waals surface area contributed by atoms with Crippen LogP contribution in [0.2, 0.25) is 0 Å². The lowest BCUT2D eigenvalue weighted by Gasteiger charge is -2.40. The summed E-state index contributed by atoms with van der Waals surface area (Å²) in [5.74, 6) is 3.87. The van der Waals surface area contributed by atoms with Gasteiger partial charge in [0.15, 0.2) is 5.82 Å². The number of nitrogens with one attached hydrogen (secondary N) is 1. The fourth-order valence-corrected chi connectivity index (χ4v) is 4.38. The number of nitrogens with zero attached hydrogens (tertiary/aromatic N) is 4. The molecule has 4 aliphatic rings. The largest absolute Gasteiger partial charge is 0.342 e. The number of aromatic amines is 1. The van der Waals surface area contributed by atoms with Crippen LogP contribution >= 0.6 is 0 Å². The van der Waals surface area contributed by atoms with Gasteiger partial charge in [-0.15, -0.1) is 10.2 Å². The summed E-state index contributed by atoms with van der Waals surface area (Å²) in [5, 5.41) is 13.8. The van der Waals surface area contributed by atoms with E-state index in [4.69, 9.17) is 0 Å². The summed E-state index contributed by atoms with van der Waals surface area (Å²) < 4.78 is 0. The number of allylic oxidation sites excluding steroid dienone is 2. The zero-order chi connectivity index (χ0) is 14.2. The molecule has 6 heteroatoms. The van der Waals surface area contributed by atoms with Crippen molar-refractivity contribution in [1.82, 2.24) is 25.5 Å². The molecule has 0 radical (unpaired) electrons. The molecule has 1 saturated carbocycles. The molecule has 5 rings (SSSR count). The Morgan fingerprint density at radius 2 is 1.95 bits per heavy atom. The average Bonchev–Trinajstić information content (AvgIpc) is 3.18. The Balaban J connectivity index is 1.30. The molecule has 4 atom stereocenters. The molecule has 1 aromatic heterocycles. The van der Waals surface area contributed by atoms with Crippen molar-refractivity contribution >= 4 is 5.91 Å². The summed E-state index contributed by atoms with van der Waals surface area (Å²) in [6.07, 6.45) is 9.56. The molecule has 4 unspecified atom stereocenters. The van der Waals surface area contributed by atoms with Gasteiger partial charge >= 0.3 is 0 Å². The maximum atomic E-state index is 12.4. The number of hydrogen-bond acceptors (Lipinski definition) is 4. The molecule has 0 spiro atoms. The van der Waals surface area contributed by atoms with Gasteiger partial charge in [-0.2, -0.15) is 5.21 Å². The number of H-pyrrole nitrogens is 1. The fourth-order valence-electron chi connectivity index (χ4n) is 4.38. The smallest absolute Gasteiger partial charge is 0.222 e. The molecule has 3 aliphatic carbocycles. The number of aromatic nitrogens is 4. The van der Waals surface area contributed by atoms with Crippen LogP contribution in [0, 0.1) is 23.7 Å². The first-order valence-corrected chi connectivity index (χ1v) is 7.99. The van der Waals surface area contributed by atoms with E-state index >= 15 is 0 Å². The van der Waals surface area contributed by atoms with E-state index in [-0.39, 0.29) is 0 Å². The summed E-state index contributed by atoms with van der Waals surface area (Å²) in [6, 6.07) is 0. The Morgan fingerprint density at radius 1 is 1.24 bits per heavy atom. The zero-order valence-electron chi connectivity index (χ0n) is 12.1. The predicted octanol–water partition coefficient (Wildman–Crippen LogP) is 1.19. The van der Waals surface area contributed by atoms with Gasteiger partial charge in [-0.1, -0.05) is 17.4 Å². The molecular weight excluding hydrogens is 266 g/mol. The molecule has 1 amide bonds. The van der Waals surface area contributed by atoms with Gasteiger partial charge in [-0.3, -0.25) is 4.79 Å². The third kappa shape index (κ3) is 2.36.